The van der Waals surface area contributed by atoms with Gasteiger partial charge in [-0.15, -0.1) is 6.58 Å². The molecule has 0 bridgehead atoms. The van der Waals surface area contributed by atoms with E-state index < -0.39 is 0 Å². The molecule has 106 valence electrons. The van der Waals surface area contributed by atoms with Gasteiger partial charge in [-0.2, -0.15) is 4.99 Å². The van der Waals surface area contributed by atoms with Crippen molar-refractivity contribution >= 4 is 27.5 Å². The summed E-state index contributed by atoms with van der Waals surface area (Å²) in [7, 11) is 0. The lowest BCUT2D eigenvalue weighted by atomic mass is 10.2. The molecule has 0 fully saturated rings. The molecule has 0 N–H and O–H groups in total. The predicted molar refractivity (Wildman–Crippen MR) is 84.8 cm³/mol. The largest absolute Gasteiger partial charge is 0.312 e. The van der Waals surface area contributed by atoms with E-state index in [4.69, 9.17) is 0 Å². The Balaban J connectivity index is 2.55. The van der Waals surface area contributed by atoms with E-state index in [1.807, 2.05) is 12.1 Å². The number of amides is 1. The first kappa shape index (κ1) is 14.7. The average Bonchev–Trinajstić information content (AvgIpc) is 2.76. The van der Waals surface area contributed by atoms with E-state index in [1.54, 1.807) is 11.3 Å². The van der Waals surface area contributed by atoms with Gasteiger partial charge in [-0.1, -0.05) is 42.9 Å². The molecular weight excluding hydrogens is 268 g/mol. The van der Waals surface area contributed by atoms with Crippen LogP contribution in [-0.4, -0.2) is 10.5 Å². The van der Waals surface area contributed by atoms with Gasteiger partial charge < -0.3 is 4.57 Å². The van der Waals surface area contributed by atoms with Gasteiger partial charge in [0.15, 0.2) is 4.80 Å². The summed E-state index contributed by atoms with van der Waals surface area (Å²) in [5, 5.41) is 0. The monoisotopic (exact) mass is 288 g/mol. The maximum atomic E-state index is 11.9. The van der Waals surface area contributed by atoms with Gasteiger partial charge in [0.05, 0.1) is 10.2 Å². The summed E-state index contributed by atoms with van der Waals surface area (Å²) in [5.41, 5.74) is 2.35. The van der Waals surface area contributed by atoms with Crippen molar-refractivity contribution in [3.05, 3.63) is 41.2 Å². The Labute approximate surface area is 123 Å². The average molecular weight is 288 g/mol. The van der Waals surface area contributed by atoms with Crippen LogP contribution >= 0.6 is 11.3 Å². The fourth-order valence-electron chi connectivity index (χ4n) is 2.18. The number of fused-ring (bicyclic) bond motifs is 1. The summed E-state index contributed by atoms with van der Waals surface area (Å²) < 4.78 is 3.24. The minimum Gasteiger partial charge on any atom is -0.312 e. The number of benzene rings is 1. The molecule has 4 heteroatoms. The number of hydrogen-bond donors (Lipinski definition) is 0. The highest BCUT2D eigenvalue weighted by Crippen LogP contribution is 2.20. The molecule has 0 spiro atoms. The third-order valence-electron chi connectivity index (χ3n) is 3.18. The summed E-state index contributed by atoms with van der Waals surface area (Å²) in [6.45, 7) is 8.63. The van der Waals surface area contributed by atoms with Crippen LogP contribution in [0.2, 0.25) is 0 Å². The number of unbranched alkanes of at least 4 members (excludes halogenated alkanes) is 1. The number of aryl methyl sites for hydroxylation is 1. The van der Waals surface area contributed by atoms with Crippen LogP contribution in [0.3, 0.4) is 0 Å². The molecule has 2 aromatic rings. The zero-order chi connectivity index (χ0) is 14.5. The lowest BCUT2D eigenvalue weighted by Gasteiger charge is -2.03. The summed E-state index contributed by atoms with van der Waals surface area (Å²) in [5.74, 6) is -0.0335. The minimum absolute atomic E-state index is 0.0335. The molecule has 1 aromatic carbocycles. The summed E-state index contributed by atoms with van der Waals surface area (Å²) in [6.07, 6.45) is 4.28. The quantitative estimate of drug-likeness (QED) is 0.770. The Morgan fingerprint density at radius 3 is 3.00 bits per heavy atom. The van der Waals surface area contributed by atoms with Crippen molar-refractivity contribution in [3.63, 3.8) is 0 Å². The van der Waals surface area contributed by atoms with Crippen LogP contribution in [0.15, 0.2) is 35.8 Å². The molecule has 0 unspecified atom stereocenters. The topological polar surface area (TPSA) is 34.4 Å². The van der Waals surface area contributed by atoms with Crippen molar-refractivity contribution in [2.75, 3.05) is 0 Å². The van der Waals surface area contributed by atoms with Crippen LogP contribution in [-0.2, 0) is 11.3 Å². The molecule has 20 heavy (non-hydrogen) atoms. The highest BCUT2D eigenvalue weighted by atomic mass is 32.1. The standard InChI is InChI=1S/C16H20N2OS/c1-4-6-10-14(19)17-16-18(11-5-2)15-12(3)8-7-9-13(15)20-16/h5,7-9H,2,4,6,10-11H2,1,3H3. The van der Waals surface area contributed by atoms with Crippen molar-refractivity contribution in [2.24, 2.45) is 4.99 Å². The van der Waals surface area contributed by atoms with Gasteiger partial charge in [0.25, 0.3) is 0 Å². The SMILES string of the molecule is C=CCn1c(=NC(=O)CCCC)sc2cccc(C)c21. The first-order chi connectivity index (χ1) is 9.67. The number of nitrogens with zero attached hydrogens (tertiary/aromatic N) is 2. The predicted octanol–water partition coefficient (Wildman–Crippen LogP) is 3.81. The molecule has 0 radical (unpaired) electrons. The molecule has 0 aliphatic carbocycles. The molecule has 2 rings (SSSR count). The molecule has 0 saturated carbocycles. The van der Waals surface area contributed by atoms with Crippen molar-refractivity contribution in [3.8, 4) is 0 Å². The number of thiazole rings is 1. The smallest absolute Gasteiger partial charge is 0.248 e. The Bertz CT molecular complexity index is 694. The molecule has 1 heterocycles. The number of carbonyl (C=O) groups excluding carboxylic acids is 1. The van der Waals surface area contributed by atoms with Gasteiger partial charge in [-0.3, -0.25) is 4.79 Å². The minimum atomic E-state index is -0.0335. The second-order valence-corrected chi connectivity index (χ2v) is 5.82. The molecular formula is C16H20N2OS. The zero-order valence-electron chi connectivity index (χ0n) is 12.1. The normalized spacial score (nSPS) is 12.0. The summed E-state index contributed by atoms with van der Waals surface area (Å²) in [6, 6.07) is 6.19. The van der Waals surface area contributed by atoms with E-state index in [0.29, 0.717) is 13.0 Å². The molecule has 0 saturated heterocycles. The Kier molecular flexibility index (Phi) is 4.90. The number of rotatable bonds is 5. The van der Waals surface area contributed by atoms with Gasteiger partial charge in [0, 0.05) is 13.0 Å². The lowest BCUT2D eigenvalue weighted by molar-refractivity contribution is -0.118. The van der Waals surface area contributed by atoms with Crippen molar-refractivity contribution in [1.29, 1.82) is 0 Å². The number of carbonyl (C=O) groups is 1. The third kappa shape index (κ3) is 3.07. The second-order valence-electron chi connectivity index (χ2n) is 4.81. The number of hydrogen-bond acceptors (Lipinski definition) is 2. The molecule has 1 aromatic heterocycles. The molecule has 3 nitrogen and oxygen atoms in total. The number of aromatic nitrogens is 1. The maximum Gasteiger partial charge on any atom is 0.248 e. The van der Waals surface area contributed by atoms with Crippen LogP contribution in [0.1, 0.15) is 31.7 Å². The van der Waals surface area contributed by atoms with E-state index in [1.165, 1.54) is 5.56 Å². The molecule has 0 aliphatic rings. The van der Waals surface area contributed by atoms with Gasteiger partial charge >= 0.3 is 0 Å². The van der Waals surface area contributed by atoms with Crippen molar-refractivity contribution < 1.29 is 4.79 Å². The van der Waals surface area contributed by atoms with Crippen molar-refractivity contribution in [2.45, 2.75) is 39.7 Å². The van der Waals surface area contributed by atoms with E-state index in [2.05, 4.69) is 42.1 Å². The van der Waals surface area contributed by atoms with Gasteiger partial charge in [-0.05, 0) is 25.0 Å². The Morgan fingerprint density at radius 2 is 2.30 bits per heavy atom. The van der Waals surface area contributed by atoms with Crippen molar-refractivity contribution in [1.82, 2.24) is 4.57 Å². The summed E-state index contributed by atoms with van der Waals surface area (Å²) >= 11 is 1.57. The van der Waals surface area contributed by atoms with Crippen LogP contribution in [0, 0.1) is 6.92 Å². The van der Waals surface area contributed by atoms with Gasteiger partial charge in [0.2, 0.25) is 5.91 Å². The van der Waals surface area contributed by atoms with E-state index in [9.17, 15) is 4.79 Å². The molecule has 0 aliphatic heterocycles. The highest BCUT2D eigenvalue weighted by molar-refractivity contribution is 7.16. The lowest BCUT2D eigenvalue weighted by Crippen LogP contribution is -2.16. The van der Waals surface area contributed by atoms with E-state index in [0.717, 1.165) is 27.9 Å². The van der Waals surface area contributed by atoms with Crippen LogP contribution in [0.25, 0.3) is 10.2 Å². The second kappa shape index (κ2) is 6.66. The molecule has 1 amide bonds. The fourth-order valence-corrected chi connectivity index (χ4v) is 3.32. The third-order valence-corrected chi connectivity index (χ3v) is 4.22. The van der Waals surface area contributed by atoms with Gasteiger partial charge in [0.1, 0.15) is 0 Å². The van der Waals surface area contributed by atoms with E-state index in [-0.39, 0.29) is 5.91 Å². The van der Waals surface area contributed by atoms with E-state index >= 15 is 0 Å². The Hall–Kier alpha value is -1.68. The zero-order valence-corrected chi connectivity index (χ0v) is 12.9. The maximum absolute atomic E-state index is 11.9. The van der Waals surface area contributed by atoms with Crippen LogP contribution < -0.4 is 4.80 Å². The first-order valence-electron chi connectivity index (χ1n) is 6.94. The number of allylic oxidation sites excluding steroid dienone is 1. The first-order valence-corrected chi connectivity index (χ1v) is 7.76. The fraction of sp³-hybridized carbons (Fsp3) is 0.375. The van der Waals surface area contributed by atoms with Gasteiger partial charge in [-0.25, -0.2) is 0 Å². The highest BCUT2D eigenvalue weighted by Gasteiger charge is 2.08. The van der Waals surface area contributed by atoms with Crippen LogP contribution in [0.5, 0.6) is 0 Å². The van der Waals surface area contributed by atoms with Crippen LogP contribution in [0.4, 0.5) is 0 Å². The molecule has 0 atom stereocenters. The number of para-hydroxylation sites is 1. The Morgan fingerprint density at radius 1 is 1.50 bits per heavy atom. The summed E-state index contributed by atoms with van der Waals surface area (Å²) in [4.78, 5) is 17.0.